The van der Waals surface area contributed by atoms with Gasteiger partial charge in [0.1, 0.15) is 5.92 Å². The van der Waals surface area contributed by atoms with Crippen LogP contribution in [0.3, 0.4) is 0 Å². The molecule has 0 aliphatic heterocycles. The Hall–Kier alpha value is -1.21. The van der Waals surface area contributed by atoms with E-state index in [1.807, 2.05) is 0 Å². The summed E-state index contributed by atoms with van der Waals surface area (Å²) in [5.41, 5.74) is -0.101. The number of thiocarbonyl (C=S) groups is 1. The molecule has 0 aromatic heterocycles. The van der Waals surface area contributed by atoms with Crippen molar-refractivity contribution in [3.63, 3.8) is 0 Å². The van der Waals surface area contributed by atoms with E-state index in [-0.39, 0.29) is 29.7 Å². The number of carboxylic acids is 1. The van der Waals surface area contributed by atoms with E-state index in [0.717, 1.165) is 6.08 Å². The van der Waals surface area contributed by atoms with Crippen molar-refractivity contribution in [2.75, 3.05) is 13.7 Å². The van der Waals surface area contributed by atoms with Gasteiger partial charge in [0.15, 0.2) is 0 Å². The molecule has 19 heavy (non-hydrogen) atoms. The van der Waals surface area contributed by atoms with Crippen LogP contribution in [-0.2, 0) is 9.53 Å². The molecule has 1 rings (SSSR count). The van der Waals surface area contributed by atoms with Gasteiger partial charge in [-0.15, -0.1) is 0 Å². The van der Waals surface area contributed by atoms with Gasteiger partial charge in [-0.1, -0.05) is 12.2 Å². The molecule has 106 valence electrons. The number of carboxylic acid groups (broad SMARTS) is 1. The zero-order valence-corrected chi connectivity index (χ0v) is 11.2. The summed E-state index contributed by atoms with van der Waals surface area (Å²) < 4.78 is 43.9. The quantitative estimate of drug-likeness (QED) is 0.810. The lowest BCUT2D eigenvalue weighted by molar-refractivity contribution is -0.147. The van der Waals surface area contributed by atoms with Crippen molar-refractivity contribution in [3.05, 3.63) is 22.8 Å². The average Bonchev–Trinajstić information content (AvgIpc) is 2.27. The van der Waals surface area contributed by atoms with Crippen LogP contribution in [0.5, 0.6) is 0 Å². The van der Waals surface area contributed by atoms with Gasteiger partial charge in [-0.05, 0) is 30.6 Å². The third-order valence-corrected chi connectivity index (χ3v) is 3.29. The highest BCUT2D eigenvalue weighted by molar-refractivity contribution is 7.80. The first-order chi connectivity index (χ1) is 8.70. The van der Waals surface area contributed by atoms with Crippen LogP contribution in [0.4, 0.5) is 13.2 Å². The molecule has 0 radical (unpaired) electrons. The predicted octanol–water partition coefficient (Wildman–Crippen LogP) is 2.91. The fourth-order valence-corrected chi connectivity index (χ4v) is 2.41. The van der Waals surface area contributed by atoms with Crippen LogP contribution in [0, 0.1) is 5.92 Å². The lowest BCUT2D eigenvalue weighted by Crippen LogP contribution is -2.34. The number of allylic oxidation sites excluding steroid dienone is 1. The summed E-state index contributed by atoms with van der Waals surface area (Å²) in [7, 11) is 1.37. The Labute approximate surface area is 113 Å². The summed E-state index contributed by atoms with van der Waals surface area (Å²) in [5, 5.41) is 8.98. The molecule has 0 amide bonds. The molecule has 0 bridgehead atoms. The predicted molar refractivity (Wildman–Crippen MR) is 67.1 cm³/mol. The summed E-state index contributed by atoms with van der Waals surface area (Å²) >= 11 is 4.72. The molecule has 1 unspecified atom stereocenters. The average molecular weight is 294 g/mol. The van der Waals surface area contributed by atoms with E-state index in [1.54, 1.807) is 0 Å². The van der Waals surface area contributed by atoms with Crippen molar-refractivity contribution in [1.82, 2.24) is 0 Å². The second kappa shape index (κ2) is 5.83. The number of hydrogen-bond acceptors (Lipinski definition) is 3. The fraction of sp³-hybridized carbons (Fsp3) is 0.500. The molecule has 1 N–H and O–H groups in total. The molecule has 0 saturated heterocycles. The molecule has 0 saturated carbocycles. The molecule has 0 heterocycles. The van der Waals surface area contributed by atoms with Crippen molar-refractivity contribution < 1.29 is 27.8 Å². The summed E-state index contributed by atoms with van der Waals surface area (Å²) in [6.07, 6.45) is -3.61. The van der Waals surface area contributed by atoms with Gasteiger partial charge in [-0.2, -0.15) is 13.2 Å². The zero-order valence-electron chi connectivity index (χ0n) is 10.4. The monoisotopic (exact) mass is 294 g/mol. The highest BCUT2D eigenvalue weighted by Crippen LogP contribution is 2.41. The molecule has 7 heteroatoms. The van der Waals surface area contributed by atoms with Crippen molar-refractivity contribution in [1.29, 1.82) is 0 Å². The van der Waals surface area contributed by atoms with E-state index in [0.29, 0.717) is 0 Å². The lowest BCUT2D eigenvalue weighted by Gasteiger charge is -2.28. The second-order valence-electron chi connectivity index (χ2n) is 4.13. The normalized spacial score (nSPS) is 20.6. The molecular formula is C12H13F3O3S. The molecule has 0 aromatic carbocycles. The minimum absolute atomic E-state index is 0.00271. The lowest BCUT2D eigenvalue weighted by atomic mass is 9.81. The number of rotatable bonds is 4. The Bertz CT molecular complexity index is 463. The van der Waals surface area contributed by atoms with Gasteiger partial charge < -0.3 is 9.84 Å². The minimum atomic E-state index is -4.53. The largest absolute Gasteiger partial charge is 0.478 e. The van der Waals surface area contributed by atoms with Crippen LogP contribution < -0.4 is 0 Å². The van der Waals surface area contributed by atoms with Crippen molar-refractivity contribution in [3.8, 4) is 0 Å². The first kappa shape index (κ1) is 15.8. The van der Waals surface area contributed by atoms with E-state index in [4.69, 9.17) is 22.1 Å². The molecule has 1 aliphatic carbocycles. The Morgan fingerprint density at radius 2 is 2.11 bits per heavy atom. The van der Waals surface area contributed by atoms with Gasteiger partial charge in [0.05, 0.1) is 5.57 Å². The highest BCUT2D eigenvalue weighted by atomic mass is 32.1. The molecular weight excluding hydrogens is 281 g/mol. The fourth-order valence-electron chi connectivity index (χ4n) is 2.02. The minimum Gasteiger partial charge on any atom is -0.478 e. The summed E-state index contributed by atoms with van der Waals surface area (Å²) in [6.45, 7) is 1.44. The number of carbonyl (C=O) groups is 1. The molecule has 0 spiro atoms. The SMILES string of the molecule is COCCC1=C(C)C(C(=O)O)=CC(=S)C1C(F)(F)F. The molecule has 1 aliphatic rings. The van der Waals surface area contributed by atoms with E-state index in [9.17, 15) is 18.0 Å². The van der Waals surface area contributed by atoms with Crippen LogP contribution in [0.1, 0.15) is 13.3 Å². The van der Waals surface area contributed by atoms with E-state index in [2.05, 4.69) is 0 Å². The Morgan fingerprint density at radius 1 is 1.53 bits per heavy atom. The summed E-state index contributed by atoms with van der Waals surface area (Å²) in [5.74, 6) is -3.18. The Morgan fingerprint density at radius 3 is 2.53 bits per heavy atom. The molecule has 3 nitrogen and oxygen atoms in total. The second-order valence-corrected chi connectivity index (χ2v) is 4.60. The third kappa shape index (κ3) is 3.42. The van der Waals surface area contributed by atoms with E-state index < -0.39 is 22.9 Å². The van der Waals surface area contributed by atoms with Gasteiger partial charge >= 0.3 is 12.1 Å². The van der Waals surface area contributed by atoms with Gasteiger partial charge in [-0.25, -0.2) is 4.79 Å². The molecule has 1 atom stereocenters. The maximum absolute atomic E-state index is 13.0. The van der Waals surface area contributed by atoms with Crippen molar-refractivity contribution in [2.24, 2.45) is 5.92 Å². The number of aliphatic carboxylic acids is 1. The summed E-state index contributed by atoms with van der Waals surface area (Å²) in [6, 6.07) is 0. The van der Waals surface area contributed by atoms with E-state index >= 15 is 0 Å². The van der Waals surface area contributed by atoms with Gasteiger partial charge in [0.2, 0.25) is 0 Å². The summed E-state index contributed by atoms with van der Waals surface area (Å²) in [4.78, 5) is 10.6. The van der Waals surface area contributed by atoms with Crippen LogP contribution in [-0.4, -0.2) is 35.8 Å². The van der Waals surface area contributed by atoms with Gasteiger partial charge in [0.25, 0.3) is 0 Å². The van der Waals surface area contributed by atoms with Gasteiger partial charge in [0, 0.05) is 18.6 Å². The third-order valence-electron chi connectivity index (χ3n) is 2.94. The van der Waals surface area contributed by atoms with Crippen LogP contribution >= 0.6 is 12.2 Å². The zero-order chi connectivity index (χ0) is 14.8. The smallest absolute Gasteiger partial charge is 0.400 e. The maximum atomic E-state index is 13.0. The standard InChI is InChI=1S/C12H13F3O3S/c1-6-7(3-4-18-2)10(12(13,14)15)9(19)5-8(6)11(16)17/h5,10H,3-4H2,1-2H3,(H,16,17). The Balaban J connectivity index is 3.30. The van der Waals surface area contributed by atoms with E-state index in [1.165, 1.54) is 14.0 Å². The van der Waals surface area contributed by atoms with Gasteiger partial charge in [-0.3, -0.25) is 0 Å². The highest BCUT2D eigenvalue weighted by Gasteiger charge is 2.46. The number of alkyl halides is 3. The van der Waals surface area contributed by atoms with Crippen molar-refractivity contribution in [2.45, 2.75) is 19.5 Å². The first-order valence-corrected chi connectivity index (χ1v) is 5.85. The molecule has 0 aromatic rings. The van der Waals surface area contributed by atoms with Crippen LogP contribution in [0.15, 0.2) is 22.8 Å². The Kier molecular flexibility index (Phi) is 4.86. The number of hydrogen-bond donors (Lipinski definition) is 1. The van der Waals surface area contributed by atoms with Crippen LogP contribution in [0.2, 0.25) is 0 Å². The number of halogens is 3. The van der Waals surface area contributed by atoms with Crippen molar-refractivity contribution >= 4 is 23.1 Å². The first-order valence-electron chi connectivity index (χ1n) is 5.44. The maximum Gasteiger partial charge on any atom is 0.400 e. The topological polar surface area (TPSA) is 46.5 Å². The van der Waals surface area contributed by atoms with Crippen LogP contribution in [0.25, 0.3) is 0 Å². The molecule has 0 fully saturated rings. The number of ether oxygens (including phenoxy) is 1. The number of methoxy groups -OCH3 is 1.